The summed E-state index contributed by atoms with van der Waals surface area (Å²) in [5.41, 5.74) is 5.60. The minimum atomic E-state index is 0.509. The van der Waals surface area contributed by atoms with Crippen LogP contribution >= 0.6 is 22.7 Å². The number of hydrogen-bond acceptors (Lipinski definition) is 7. The first kappa shape index (κ1) is 11.9. The molecule has 1 aliphatic rings. The van der Waals surface area contributed by atoms with Crippen LogP contribution in [-0.2, 0) is 0 Å². The maximum Gasteiger partial charge on any atom is 0.203 e. The molecule has 1 aliphatic heterocycles. The lowest BCUT2D eigenvalue weighted by Crippen LogP contribution is -2.23. The maximum absolute atomic E-state index is 5.60. The highest BCUT2D eigenvalue weighted by Gasteiger charge is 2.15. The summed E-state index contributed by atoms with van der Waals surface area (Å²) >= 11 is 3.09. The molecule has 0 spiro atoms. The van der Waals surface area contributed by atoms with Gasteiger partial charge in [0.15, 0.2) is 10.1 Å². The molecule has 5 nitrogen and oxygen atoms in total. The Kier molecular flexibility index (Phi) is 3.42. The average molecular weight is 281 g/mol. The van der Waals surface area contributed by atoms with Crippen molar-refractivity contribution in [3.63, 3.8) is 0 Å². The summed E-state index contributed by atoms with van der Waals surface area (Å²) in [6, 6.07) is 0. The molecular formula is C11H15N5S2. The third kappa shape index (κ3) is 2.46. The van der Waals surface area contributed by atoms with Gasteiger partial charge >= 0.3 is 0 Å². The number of anilines is 2. The van der Waals surface area contributed by atoms with E-state index >= 15 is 0 Å². The van der Waals surface area contributed by atoms with Crippen LogP contribution < -0.4 is 10.6 Å². The molecule has 1 fully saturated rings. The van der Waals surface area contributed by atoms with E-state index in [1.165, 1.54) is 37.0 Å². The molecule has 0 atom stereocenters. The van der Waals surface area contributed by atoms with Gasteiger partial charge < -0.3 is 10.6 Å². The van der Waals surface area contributed by atoms with Crippen molar-refractivity contribution in [3.05, 3.63) is 6.20 Å². The monoisotopic (exact) mass is 281 g/mol. The minimum absolute atomic E-state index is 0.509. The van der Waals surface area contributed by atoms with Crippen molar-refractivity contribution in [3.8, 4) is 9.88 Å². The predicted octanol–water partition coefficient (Wildman–Crippen LogP) is 2.62. The van der Waals surface area contributed by atoms with Crippen molar-refractivity contribution in [1.29, 1.82) is 0 Å². The molecule has 96 valence electrons. The Hall–Kier alpha value is -1.21. The molecule has 18 heavy (non-hydrogen) atoms. The summed E-state index contributed by atoms with van der Waals surface area (Å²) in [5, 5.41) is 10.4. The Morgan fingerprint density at radius 3 is 2.50 bits per heavy atom. The van der Waals surface area contributed by atoms with E-state index in [1.54, 1.807) is 11.3 Å². The highest BCUT2D eigenvalue weighted by atomic mass is 32.1. The summed E-state index contributed by atoms with van der Waals surface area (Å²) < 4.78 is 0. The van der Waals surface area contributed by atoms with Gasteiger partial charge in [-0.15, -0.1) is 10.2 Å². The van der Waals surface area contributed by atoms with E-state index in [2.05, 4.69) is 20.1 Å². The number of aromatic nitrogens is 3. The molecule has 3 heterocycles. The summed E-state index contributed by atoms with van der Waals surface area (Å²) in [5.74, 6) is 0. The van der Waals surface area contributed by atoms with Gasteiger partial charge in [-0.05, 0) is 12.8 Å². The second-order valence-electron chi connectivity index (χ2n) is 4.35. The van der Waals surface area contributed by atoms with Crippen LogP contribution in [0.25, 0.3) is 9.88 Å². The van der Waals surface area contributed by atoms with Gasteiger partial charge in [0.05, 0.1) is 11.1 Å². The van der Waals surface area contributed by atoms with E-state index in [0.29, 0.717) is 5.13 Å². The summed E-state index contributed by atoms with van der Waals surface area (Å²) in [6.45, 7) is 2.23. The lowest BCUT2D eigenvalue weighted by Gasteiger charge is -2.18. The van der Waals surface area contributed by atoms with Crippen LogP contribution in [0.2, 0.25) is 0 Å². The zero-order valence-corrected chi connectivity index (χ0v) is 11.6. The number of nitrogens with two attached hydrogens (primary N) is 1. The molecule has 2 aromatic rings. The van der Waals surface area contributed by atoms with Crippen molar-refractivity contribution in [2.45, 2.75) is 25.7 Å². The molecule has 7 heteroatoms. The number of nitrogen functional groups attached to an aromatic ring is 1. The summed E-state index contributed by atoms with van der Waals surface area (Å²) in [6.07, 6.45) is 7.08. The van der Waals surface area contributed by atoms with Gasteiger partial charge in [0, 0.05) is 13.1 Å². The smallest absolute Gasteiger partial charge is 0.203 e. The van der Waals surface area contributed by atoms with E-state index in [-0.39, 0.29) is 0 Å². The Balaban J connectivity index is 1.80. The standard InChI is InChI=1S/C11H15N5S2/c12-10-15-14-9(18-10)8-7-13-11(17-8)16-5-3-1-2-4-6-16/h7H,1-6H2,(H2,12,15). The van der Waals surface area contributed by atoms with E-state index < -0.39 is 0 Å². The first-order chi connectivity index (χ1) is 8.83. The third-order valence-corrected chi connectivity index (χ3v) is 5.00. The molecule has 0 aromatic carbocycles. The fourth-order valence-electron chi connectivity index (χ4n) is 2.11. The van der Waals surface area contributed by atoms with E-state index in [0.717, 1.165) is 28.1 Å². The molecule has 0 radical (unpaired) electrons. The molecule has 1 saturated heterocycles. The third-order valence-electron chi connectivity index (χ3n) is 3.02. The zero-order chi connectivity index (χ0) is 12.4. The molecule has 0 saturated carbocycles. The number of thiazole rings is 1. The van der Waals surface area contributed by atoms with Gasteiger partial charge in [0.1, 0.15) is 0 Å². The van der Waals surface area contributed by atoms with Crippen LogP contribution in [0, 0.1) is 0 Å². The summed E-state index contributed by atoms with van der Waals surface area (Å²) in [4.78, 5) is 7.95. The number of rotatable bonds is 2. The van der Waals surface area contributed by atoms with Crippen molar-refractivity contribution in [2.75, 3.05) is 23.7 Å². The van der Waals surface area contributed by atoms with Gasteiger partial charge in [-0.25, -0.2) is 4.98 Å². The molecule has 0 amide bonds. The maximum atomic E-state index is 5.60. The highest BCUT2D eigenvalue weighted by molar-refractivity contribution is 7.24. The van der Waals surface area contributed by atoms with Crippen LogP contribution in [0.1, 0.15) is 25.7 Å². The van der Waals surface area contributed by atoms with Crippen LogP contribution in [0.4, 0.5) is 10.3 Å². The zero-order valence-electron chi connectivity index (χ0n) is 10.0. The fraction of sp³-hybridized carbons (Fsp3) is 0.545. The van der Waals surface area contributed by atoms with Crippen LogP contribution in [0.3, 0.4) is 0 Å². The second-order valence-corrected chi connectivity index (χ2v) is 6.37. The molecule has 0 unspecified atom stereocenters. The van der Waals surface area contributed by atoms with Crippen LogP contribution in [0.5, 0.6) is 0 Å². The van der Waals surface area contributed by atoms with Crippen LogP contribution in [0.15, 0.2) is 6.20 Å². The number of hydrogen-bond donors (Lipinski definition) is 1. The SMILES string of the molecule is Nc1nnc(-c2cnc(N3CCCCCC3)s2)s1. The molecule has 0 aliphatic carbocycles. The molecular weight excluding hydrogens is 266 g/mol. The molecule has 2 aromatic heterocycles. The molecule has 2 N–H and O–H groups in total. The predicted molar refractivity (Wildman–Crippen MR) is 76.1 cm³/mol. The van der Waals surface area contributed by atoms with Gasteiger partial charge in [-0.3, -0.25) is 0 Å². The lowest BCUT2D eigenvalue weighted by atomic mass is 10.2. The van der Waals surface area contributed by atoms with Crippen molar-refractivity contribution in [1.82, 2.24) is 15.2 Å². The molecule has 3 rings (SSSR count). The minimum Gasteiger partial charge on any atom is -0.374 e. The largest absolute Gasteiger partial charge is 0.374 e. The van der Waals surface area contributed by atoms with Crippen LogP contribution in [-0.4, -0.2) is 28.3 Å². The first-order valence-corrected chi connectivity index (χ1v) is 7.76. The van der Waals surface area contributed by atoms with E-state index in [4.69, 9.17) is 5.73 Å². The average Bonchev–Trinajstić information content (AvgIpc) is 2.92. The topological polar surface area (TPSA) is 67.9 Å². The Morgan fingerprint density at radius 2 is 1.83 bits per heavy atom. The van der Waals surface area contributed by atoms with Gasteiger partial charge in [-0.2, -0.15) is 0 Å². The molecule has 0 bridgehead atoms. The van der Waals surface area contributed by atoms with Gasteiger partial charge in [0.25, 0.3) is 0 Å². The van der Waals surface area contributed by atoms with Crippen molar-refractivity contribution < 1.29 is 0 Å². The normalized spacial score (nSPS) is 16.8. The van der Waals surface area contributed by atoms with E-state index in [9.17, 15) is 0 Å². The summed E-state index contributed by atoms with van der Waals surface area (Å²) in [7, 11) is 0. The number of nitrogens with zero attached hydrogens (tertiary/aromatic N) is 4. The Morgan fingerprint density at radius 1 is 1.06 bits per heavy atom. The van der Waals surface area contributed by atoms with Crippen molar-refractivity contribution >= 4 is 32.9 Å². The Bertz CT molecular complexity index is 513. The van der Waals surface area contributed by atoms with Crippen molar-refractivity contribution in [2.24, 2.45) is 0 Å². The van der Waals surface area contributed by atoms with E-state index in [1.807, 2.05) is 6.20 Å². The van der Waals surface area contributed by atoms with Gasteiger partial charge in [0.2, 0.25) is 5.13 Å². The first-order valence-electron chi connectivity index (χ1n) is 6.13. The highest BCUT2D eigenvalue weighted by Crippen LogP contribution is 2.34. The Labute approximate surface area is 114 Å². The van der Waals surface area contributed by atoms with Gasteiger partial charge in [-0.1, -0.05) is 35.5 Å². The lowest BCUT2D eigenvalue weighted by molar-refractivity contribution is 0.726. The quantitative estimate of drug-likeness (QED) is 0.916. The fourth-order valence-corrected chi connectivity index (χ4v) is 3.72. The second kappa shape index (κ2) is 5.19.